The summed E-state index contributed by atoms with van der Waals surface area (Å²) in [6, 6.07) is 19.4. The van der Waals surface area contributed by atoms with Crippen molar-refractivity contribution >= 4 is 57.6 Å². The van der Waals surface area contributed by atoms with Crippen molar-refractivity contribution in [1.82, 2.24) is 15.0 Å². The molecule has 2 unspecified atom stereocenters. The summed E-state index contributed by atoms with van der Waals surface area (Å²) in [5.74, 6) is 0.622. The van der Waals surface area contributed by atoms with E-state index in [1.54, 1.807) is 18.5 Å². The molecule has 0 saturated carbocycles. The molecule has 2 aromatic heterocycles. The number of ether oxygens (including phenoxy) is 1. The Bertz CT molecular complexity index is 2300. The highest BCUT2D eigenvalue weighted by Crippen LogP contribution is 2.44. The Labute approximate surface area is 286 Å². The van der Waals surface area contributed by atoms with Gasteiger partial charge in [-0.25, -0.2) is 15.0 Å². The third-order valence-electron chi connectivity index (χ3n) is 9.54. The average Bonchev–Trinajstić information content (AvgIpc) is 3.73. The Morgan fingerprint density at radius 3 is 2.59 bits per heavy atom. The van der Waals surface area contributed by atoms with E-state index in [1.165, 1.54) is 17.7 Å². The Balaban J connectivity index is 1.09. The van der Waals surface area contributed by atoms with Gasteiger partial charge >= 0.3 is 0 Å². The molecule has 3 heterocycles. The molecular formula is C38H32N6O4S. The van der Waals surface area contributed by atoms with Crippen LogP contribution in [-0.4, -0.2) is 52.2 Å². The van der Waals surface area contributed by atoms with Gasteiger partial charge < -0.3 is 19.9 Å². The summed E-state index contributed by atoms with van der Waals surface area (Å²) in [6.45, 7) is 6.57. The average molecular weight is 669 g/mol. The van der Waals surface area contributed by atoms with Gasteiger partial charge in [-0.15, -0.1) is 0 Å². The van der Waals surface area contributed by atoms with Crippen molar-refractivity contribution in [2.24, 2.45) is 5.92 Å². The number of anilines is 3. The fourth-order valence-electron chi connectivity index (χ4n) is 7.18. The van der Waals surface area contributed by atoms with Crippen molar-refractivity contribution in [1.29, 1.82) is 0 Å². The van der Waals surface area contributed by atoms with Crippen molar-refractivity contribution in [3.63, 3.8) is 0 Å². The molecule has 0 spiro atoms. The Hall–Kier alpha value is -5.68. The molecule has 2 aliphatic carbocycles. The van der Waals surface area contributed by atoms with Gasteiger partial charge in [0.25, 0.3) is 0 Å². The van der Waals surface area contributed by atoms with Crippen molar-refractivity contribution < 1.29 is 19.1 Å². The number of thiazole rings is 1. The normalized spacial score (nSPS) is 18.9. The zero-order chi connectivity index (χ0) is 33.9. The number of fused-ring (bicyclic) bond motifs is 6. The third kappa shape index (κ3) is 5.00. The number of amides is 1. The number of ketones is 2. The second kappa shape index (κ2) is 11.8. The summed E-state index contributed by atoms with van der Waals surface area (Å²) in [7, 11) is 0. The SMILES string of the molecule is CCOc1ccc(-c2cnc(NC(=O)CN3CN(C4(C)C(=O)C(C)C=c5c4ccc4c5=CC(=O)c5ccccc5-4)c4ncncc43)s2)cc1. The topological polar surface area (TPSA) is 118 Å². The predicted molar refractivity (Wildman–Crippen MR) is 190 cm³/mol. The van der Waals surface area contributed by atoms with Gasteiger partial charge in [-0.1, -0.05) is 60.7 Å². The maximum absolute atomic E-state index is 14.3. The van der Waals surface area contributed by atoms with E-state index in [2.05, 4.69) is 20.3 Å². The van der Waals surface area contributed by atoms with E-state index in [0.29, 0.717) is 28.8 Å². The van der Waals surface area contributed by atoms with Crippen LogP contribution >= 0.6 is 11.3 Å². The maximum atomic E-state index is 14.3. The van der Waals surface area contributed by atoms with Crippen LogP contribution in [0.25, 0.3) is 33.7 Å². The number of hydrogen-bond acceptors (Lipinski definition) is 10. The van der Waals surface area contributed by atoms with Crippen molar-refractivity contribution in [2.45, 2.75) is 26.3 Å². The van der Waals surface area contributed by atoms with Gasteiger partial charge in [0.15, 0.2) is 22.5 Å². The summed E-state index contributed by atoms with van der Waals surface area (Å²) in [6.07, 6.45) is 8.52. The fourth-order valence-corrected chi connectivity index (χ4v) is 8.02. The predicted octanol–water partition coefficient (Wildman–Crippen LogP) is 4.78. The van der Waals surface area contributed by atoms with Crippen LogP contribution in [0.3, 0.4) is 0 Å². The van der Waals surface area contributed by atoms with Crippen LogP contribution in [0.5, 0.6) is 5.75 Å². The summed E-state index contributed by atoms with van der Waals surface area (Å²) in [5.41, 5.74) is 3.80. The van der Waals surface area contributed by atoms with Crippen LogP contribution in [0.1, 0.15) is 36.7 Å². The molecule has 8 rings (SSSR count). The molecule has 11 heteroatoms. The summed E-state index contributed by atoms with van der Waals surface area (Å²) in [4.78, 5) is 59.0. The fraction of sp³-hybridized carbons (Fsp3) is 0.211. The lowest BCUT2D eigenvalue weighted by molar-refractivity contribution is -0.126. The number of nitrogens with zero attached hydrogens (tertiary/aromatic N) is 5. The number of carbonyl (C=O) groups excluding carboxylic acids is 3. The molecule has 49 heavy (non-hydrogen) atoms. The molecule has 1 amide bonds. The number of nitrogens with one attached hydrogen (secondary N) is 1. The lowest BCUT2D eigenvalue weighted by Crippen LogP contribution is -2.59. The number of carbonyl (C=O) groups is 3. The molecule has 0 saturated heterocycles. The van der Waals surface area contributed by atoms with Gasteiger partial charge in [-0.3, -0.25) is 14.4 Å². The van der Waals surface area contributed by atoms with Crippen molar-refractivity contribution in [3.05, 3.63) is 101 Å². The highest BCUT2D eigenvalue weighted by atomic mass is 32.1. The monoisotopic (exact) mass is 668 g/mol. The third-order valence-corrected chi connectivity index (χ3v) is 10.5. The van der Waals surface area contributed by atoms with Crippen LogP contribution < -0.4 is 30.3 Å². The smallest absolute Gasteiger partial charge is 0.245 e. The van der Waals surface area contributed by atoms with E-state index in [9.17, 15) is 14.4 Å². The van der Waals surface area contributed by atoms with E-state index < -0.39 is 11.5 Å². The molecule has 0 radical (unpaired) electrons. The van der Waals surface area contributed by atoms with Gasteiger partial charge in [-0.2, -0.15) is 0 Å². The summed E-state index contributed by atoms with van der Waals surface area (Å²) in [5, 5.41) is 5.11. The highest BCUT2D eigenvalue weighted by Gasteiger charge is 2.50. The Morgan fingerprint density at radius 2 is 1.80 bits per heavy atom. The molecule has 10 nitrogen and oxygen atoms in total. The first-order valence-electron chi connectivity index (χ1n) is 16.1. The van der Waals surface area contributed by atoms with E-state index in [1.807, 2.05) is 97.3 Å². The van der Waals surface area contributed by atoms with Crippen LogP contribution in [-0.2, 0) is 15.1 Å². The van der Waals surface area contributed by atoms with E-state index in [4.69, 9.17) is 4.74 Å². The molecule has 2 atom stereocenters. The van der Waals surface area contributed by atoms with Crippen LogP contribution in [0.2, 0.25) is 0 Å². The molecule has 0 bridgehead atoms. The first kappa shape index (κ1) is 30.6. The Morgan fingerprint density at radius 1 is 1.00 bits per heavy atom. The molecule has 0 fully saturated rings. The first-order valence-corrected chi connectivity index (χ1v) is 16.9. The Kier molecular flexibility index (Phi) is 7.37. The van der Waals surface area contributed by atoms with Gasteiger partial charge in [-0.05, 0) is 76.9 Å². The minimum absolute atomic E-state index is 0.00274. The van der Waals surface area contributed by atoms with Crippen molar-refractivity contribution in [3.8, 4) is 27.3 Å². The van der Waals surface area contributed by atoms with Gasteiger partial charge in [0, 0.05) is 17.7 Å². The summed E-state index contributed by atoms with van der Waals surface area (Å²) < 4.78 is 5.54. The van der Waals surface area contributed by atoms with Crippen molar-refractivity contribution in [2.75, 3.05) is 34.9 Å². The highest BCUT2D eigenvalue weighted by molar-refractivity contribution is 7.19. The standard InChI is InChI=1S/C38H32N6O4S/c1-4-48-24-11-9-23(10-12-24)33-18-40-37(49-33)42-34(46)19-43-21-44(36-31(43)17-39-20-41-36)38(3)30-14-13-26-25-7-5-6-8-27(25)32(45)16-28(26)29(30)15-22(2)35(38)47/h5-18,20,22H,4,19,21H2,1-3H3,(H,40,42,46). The lowest BCUT2D eigenvalue weighted by Gasteiger charge is -2.42. The largest absolute Gasteiger partial charge is 0.494 e. The molecule has 1 N–H and O–H groups in total. The van der Waals surface area contributed by atoms with Crippen LogP contribution in [0, 0.1) is 5.92 Å². The second-order valence-corrected chi connectivity index (χ2v) is 13.5. The molecule has 3 aromatic carbocycles. The maximum Gasteiger partial charge on any atom is 0.245 e. The first-order chi connectivity index (χ1) is 23.8. The van der Waals surface area contributed by atoms with E-state index in [-0.39, 0.29) is 30.7 Å². The van der Waals surface area contributed by atoms with E-state index >= 15 is 0 Å². The molecule has 3 aliphatic rings. The number of benzene rings is 3. The number of rotatable bonds is 7. The van der Waals surface area contributed by atoms with Gasteiger partial charge in [0.1, 0.15) is 23.3 Å². The van der Waals surface area contributed by atoms with Gasteiger partial charge in [0.05, 0.1) is 30.9 Å². The minimum Gasteiger partial charge on any atom is -0.494 e. The molecule has 244 valence electrons. The zero-order valence-corrected chi connectivity index (χ0v) is 28.0. The quantitative estimate of drug-likeness (QED) is 0.262. The van der Waals surface area contributed by atoms with Gasteiger partial charge in [0.2, 0.25) is 5.91 Å². The van der Waals surface area contributed by atoms with Crippen LogP contribution in [0.4, 0.5) is 16.6 Å². The molecule has 1 aliphatic heterocycles. The van der Waals surface area contributed by atoms with Crippen LogP contribution in [0.15, 0.2) is 79.4 Å². The lowest BCUT2D eigenvalue weighted by atomic mass is 9.73. The number of aromatic nitrogens is 3. The second-order valence-electron chi connectivity index (χ2n) is 12.5. The minimum atomic E-state index is -1.14. The number of hydrogen-bond donors (Lipinski definition) is 1. The van der Waals surface area contributed by atoms with E-state index in [0.717, 1.165) is 43.3 Å². The zero-order valence-electron chi connectivity index (χ0n) is 27.1. The number of Topliss-reactive ketones (excluding diaryl/α,β-unsaturated/α-hetero) is 2. The summed E-state index contributed by atoms with van der Waals surface area (Å²) >= 11 is 1.39. The molecular weight excluding hydrogens is 637 g/mol. The molecule has 5 aromatic rings.